The zero-order valence-electron chi connectivity index (χ0n) is 11.5. The molecule has 2 fully saturated rings. The maximum Gasteiger partial charge on any atom is 0.0624 e. The van der Waals surface area contributed by atoms with Crippen molar-refractivity contribution in [1.29, 1.82) is 0 Å². The molecule has 2 heterocycles. The van der Waals surface area contributed by atoms with Crippen LogP contribution in [0, 0.1) is 5.41 Å². The van der Waals surface area contributed by atoms with Crippen LogP contribution in [0.25, 0.3) is 0 Å². The van der Waals surface area contributed by atoms with Gasteiger partial charge in [0, 0.05) is 30.6 Å². The van der Waals surface area contributed by atoms with Gasteiger partial charge in [0.05, 0.1) is 13.2 Å². The van der Waals surface area contributed by atoms with Crippen molar-refractivity contribution >= 4 is 0 Å². The van der Waals surface area contributed by atoms with Crippen molar-refractivity contribution in [1.82, 2.24) is 9.80 Å². The maximum atomic E-state index is 6.13. The Kier molecular flexibility index (Phi) is 4.08. The van der Waals surface area contributed by atoms with Crippen molar-refractivity contribution in [3.8, 4) is 0 Å². The lowest BCUT2D eigenvalue weighted by Crippen LogP contribution is -2.48. The number of likely N-dealkylation sites (tertiary alicyclic amines) is 1. The molecule has 0 amide bonds. The van der Waals surface area contributed by atoms with Crippen molar-refractivity contribution in [2.45, 2.75) is 31.8 Å². The van der Waals surface area contributed by atoms with E-state index in [2.05, 4.69) is 30.8 Å². The SMILES string of the molecule is CN(CC1CCCN1C)CC1(C)COCC1N. The molecule has 4 nitrogen and oxygen atoms in total. The molecule has 0 bridgehead atoms. The molecule has 0 saturated carbocycles. The summed E-state index contributed by atoms with van der Waals surface area (Å²) in [7, 11) is 4.44. The second-order valence-electron chi connectivity index (χ2n) is 6.25. The van der Waals surface area contributed by atoms with Crippen LogP contribution in [0.15, 0.2) is 0 Å². The van der Waals surface area contributed by atoms with E-state index >= 15 is 0 Å². The summed E-state index contributed by atoms with van der Waals surface area (Å²) in [4.78, 5) is 4.91. The van der Waals surface area contributed by atoms with E-state index in [-0.39, 0.29) is 11.5 Å². The molecule has 2 N–H and O–H groups in total. The molecule has 4 heteroatoms. The Morgan fingerprint density at radius 3 is 2.82 bits per heavy atom. The molecule has 100 valence electrons. The van der Waals surface area contributed by atoms with Gasteiger partial charge in [0.2, 0.25) is 0 Å². The highest BCUT2D eigenvalue weighted by atomic mass is 16.5. The van der Waals surface area contributed by atoms with Gasteiger partial charge in [0.25, 0.3) is 0 Å². The predicted octanol–water partition coefficient (Wildman–Crippen LogP) is 0.376. The van der Waals surface area contributed by atoms with Gasteiger partial charge < -0.3 is 20.3 Å². The standard InChI is InChI=1S/C13H27N3O/c1-13(10-17-8-12(13)14)9-15(2)7-11-5-4-6-16(11)3/h11-12H,4-10,14H2,1-3H3. The van der Waals surface area contributed by atoms with Crippen LogP contribution in [0.4, 0.5) is 0 Å². The fourth-order valence-corrected chi connectivity index (χ4v) is 3.14. The number of ether oxygens (including phenoxy) is 1. The fraction of sp³-hybridized carbons (Fsp3) is 1.00. The molecule has 0 spiro atoms. The first-order chi connectivity index (χ1) is 8.01. The van der Waals surface area contributed by atoms with Gasteiger partial charge in [-0.2, -0.15) is 0 Å². The van der Waals surface area contributed by atoms with Gasteiger partial charge in [-0.1, -0.05) is 6.92 Å². The highest BCUT2D eigenvalue weighted by Crippen LogP contribution is 2.28. The first-order valence-corrected chi connectivity index (χ1v) is 6.73. The van der Waals surface area contributed by atoms with Gasteiger partial charge in [-0.3, -0.25) is 0 Å². The highest BCUT2D eigenvalue weighted by molar-refractivity contribution is 4.92. The molecule has 3 unspecified atom stereocenters. The van der Waals surface area contributed by atoms with Crippen LogP contribution in [-0.4, -0.2) is 68.8 Å². The normalized spacial score (nSPS) is 39.4. The lowest BCUT2D eigenvalue weighted by Gasteiger charge is -2.34. The molecule has 2 saturated heterocycles. The van der Waals surface area contributed by atoms with E-state index < -0.39 is 0 Å². The van der Waals surface area contributed by atoms with Crippen LogP contribution in [0.2, 0.25) is 0 Å². The minimum Gasteiger partial charge on any atom is -0.379 e. The number of hydrogen-bond donors (Lipinski definition) is 1. The lowest BCUT2D eigenvalue weighted by molar-refractivity contribution is 0.118. The van der Waals surface area contributed by atoms with Crippen LogP contribution in [0.3, 0.4) is 0 Å². The van der Waals surface area contributed by atoms with Gasteiger partial charge in [0.15, 0.2) is 0 Å². The van der Waals surface area contributed by atoms with E-state index in [1.54, 1.807) is 0 Å². The summed E-state index contributed by atoms with van der Waals surface area (Å²) >= 11 is 0. The summed E-state index contributed by atoms with van der Waals surface area (Å²) < 4.78 is 5.50. The number of nitrogens with two attached hydrogens (primary N) is 1. The summed E-state index contributed by atoms with van der Waals surface area (Å²) in [6, 6.07) is 0.911. The van der Waals surface area contributed by atoms with Gasteiger partial charge in [0.1, 0.15) is 0 Å². The van der Waals surface area contributed by atoms with Crippen LogP contribution >= 0.6 is 0 Å². The summed E-state index contributed by atoms with van der Waals surface area (Å²) in [5.74, 6) is 0. The van der Waals surface area contributed by atoms with E-state index in [4.69, 9.17) is 10.5 Å². The molecule has 0 aromatic heterocycles. The zero-order chi connectivity index (χ0) is 12.5. The van der Waals surface area contributed by atoms with E-state index in [0.29, 0.717) is 6.61 Å². The Balaban J connectivity index is 1.82. The largest absolute Gasteiger partial charge is 0.379 e. The maximum absolute atomic E-state index is 6.13. The van der Waals surface area contributed by atoms with Gasteiger partial charge >= 0.3 is 0 Å². The minimum absolute atomic E-state index is 0.131. The molecule has 17 heavy (non-hydrogen) atoms. The van der Waals surface area contributed by atoms with Gasteiger partial charge in [-0.15, -0.1) is 0 Å². The van der Waals surface area contributed by atoms with E-state index in [9.17, 15) is 0 Å². The molecule has 0 radical (unpaired) electrons. The summed E-state index contributed by atoms with van der Waals surface area (Å²) in [6.45, 7) is 7.21. The Morgan fingerprint density at radius 2 is 2.29 bits per heavy atom. The van der Waals surface area contributed by atoms with E-state index in [1.165, 1.54) is 19.4 Å². The highest BCUT2D eigenvalue weighted by Gasteiger charge is 2.38. The first kappa shape index (κ1) is 13.3. The third kappa shape index (κ3) is 2.99. The topological polar surface area (TPSA) is 41.7 Å². The summed E-state index contributed by atoms with van der Waals surface area (Å²) in [5, 5.41) is 0. The summed E-state index contributed by atoms with van der Waals surface area (Å²) in [6.07, 6.45) is 2.68. The average molecular weight is 241 g/mol. The molecule has 2 aliphatic rings. The molecular weight excluding hydrogens is 214 g/mol. The monoisotopic (exact) mass is 241 g/mol. The fourth-order valence-electron chi connectivity index (χ4n) is 3.14. The van der Waals surface area contributed by atoms with Crippen molar-refractivity contribution in [3.63, 3.8) is 0 Å². The molecule has 3 atom stereocenters. The number of likely N-dealkylation sites (N-methyl/N-ethyl adjacent to an activating group) is 2. The molecule has 0 aliphatic carbocycles. The number of nitrogens with zero attached hydrogens (tertiary/aromatic N) is 2. The van der Waals surface area contributed by atoms with Crippen LogP contribution < -0.4 is 5.73 Å². The third-order valence-electron chi connectivity index (χ3n) is 4.45. The van der Waals surface area contributed by atoms with E-state index in [0.717, 1.165) is 25.7 Å². The molecule has 2 rings (SSSR count). The quantitative estimate of drug-likeness (QED) is 0.772. The molecule has 0 aromatic carbocycles. The van der Waals surface area contributed by atoms with Crippen LogP contribution in [0.1, 0.15) is 19.8 Å². The average Bonchev–Trinajstić information content (AvgIpc) is 2.76. The van der Waals surface area contributed by atoms with E-state index in [1.807, 2.05) is 0 Å². The molecule has 2 aliphatic heterocycles. The smallest absolute Gasteiger partial charge is 0.0624 e. The van der Waals surface area contributed by atoms with Gasteiger partial charge in [-0.05, 0) is 33.5 Å². The number of rotatable bonds is 4. The van der Waals surface area contributed by atoms with Crippen molar-refractivity contribution in [3.05, 3.63) is 0 Å². The predicted molar refractivity (Wildman–Crippen MR) is 70.1 cm³/mol. The summed E-state index contributed by atoms with van der Waals surface area (Å²) in [5.41, 5.74) is 6.27. The third-order valence-corrected chi connectivity index (χ3v) is 4.45. The Labute approximate surface area is 105 Å². The Hall–Kier alpha value is -0.160. The second kappa shape index (κ2) is 5.22. The Bertz CT molecular complexity index is 261. The zero-order valence-corrected chi connectivity index (χ0v) is 11.5. The lowest BCUT2D eigenvalue weighted by atomic mass is 9.85. The molecular formula is C13H27N3O. The Morgan fingerprint density at radius 1 is 1.53 bits per heavy atom. The molecule has 0 aromatic rings. The van der Waals surface area contributed by atoms with Crippen molar-refractivity contribution in [2.24, 2.45) is 11.1 Å². The second-order valence-corrected chi connectivity index (χ2v) is 6.25. The van der Waals surface area contributed by atoms with Crippen molar-refractivity contribution in [2.75, 3.05) is 46.9 Å². The first-order valence-electron chi connectivity index (χ1n) is 6.73. The number of hydrogen-bond acceptors (Lipinski definition) is 4. The van der Waals surface area contributed by atoms with Gasteiger partial charge in [-0.25, -0.2) is 0 Å². The minimum atomic E-state index is 0.131. The van der Waals surface area contributed by atoms with Crippen LogP contribution in [-0.2, 0) is 4.74 Å². The van der Waals surface area contributed by atoms with Crippen LogP contribution in [0.5, 0.6) is 0 Å². The van der Waals surface area contributed by atoms with Crippen molar-refractivity contribution < 1.29 is 4.74 Å².